The van der Waals surface area contributed by atoms with Crippen molar-refractivity contribution >= 4 is 57.6 Å². The van der Waals surface area contributed by atoms with E-state index in [1.165, 1.54) is 11.8 Å². The Bertz CT molecular complexity index is 1270. The number of anilines is 1. The molecule has 33 heavy (non-hydrogen) atoms. The molecule has 0 saturated carbocycles. The van der Waals surface area contributed by atoms with E-state index in [0.717, 1.165) is 27.9 Å². The van der Waals surface area contributed by atoms with Crippen molar-refractivity contribution in [1.29, 1.82) is 0 Å². The van der Waals surface area contributed by atoms with Crippen LogP contribution in [0.15, 0.2) is 65.6 Å². The smallest absolute Gasteiger partial charge is 0.270 e. The Morgan fingerprint density at radius 1 is 1.06 bits per heavy atom. The molecular formula is C26H22ClNO3S2. The predicted octanol–water partition coefficient (Wildman–Crippen LogP) is 6.95. The second-order valence-electron chi connectivity index (χ2n) is 7.60. The molecule has 1 saturated heterocycles. The van der Waals surface area contributed by atoms with Crippen molar-refractivity contribution in [1.82, 2.24) is 0 Å². The lowest BCUT2D eigenvalue weighted by Crippen LogP contribution is -2.28. The fraction of sp³-hybridized carbons (Fsp3) is 0.154. The highest BCUT2D eigenvalue weighted by Crippen LogP contribution is 2.38. The lowest BCUT2D eigenvalue weighted by Gasteiger charge is -2.17. The van der Waals surface area contributed by atoms with Gasteiger partial charge in [-0.2, -0.15) is 0 Å². The Hall–Kier alpha value is -2.80. The zero-order valence-corrected chi connectivity index (χ0v) is 20.8. The molecule has 1 aliphatic heterocycles. The maximum atomic E-state index is 13.2. The van der Waals surface area contributed by atoms with E-state index in [-0.39, 0.29) is 5.91 Å². The van der Waals surface area contributed by atoms with Crippen LogP contribution >= 0.6 is 35.6 Å². The minimum Gasteiger partial charge on any atom is -0.493 e. The Kier molecular flexibility index (Phi) is 7.08. The molecule has 0 spiro atoms. The number of benzene rings is 3. The zero-order chi connectivity index (χ0) is 23.5. The number of amides is 1. The van der Waals surface area contributed by atoms with Gasteiger partial charge in [0.1, 0.15) is 6.61 Å². The number of rotatable bonds is 6. The fourth-order valence-electron chi connectivity index (χ4n) is 3.45. The van der Waals surface area contributed by atoms with Gasteiger partial charge in [0, 0.05) is 10.6 Å². The molecule has 4 nitrogen and oxygen atoms in total. The van der Waals surface area contributed by atoms with Crippen LogP contribution in [0.1, 0.15) is 22.3 Å². The van der Waals surface area contributed by atoms with Gasteiger partial charge in [0.2, 0.25) is 0 Å². The molecule has 3 aromatic rings. The van der Waals surface area contributed by atoms with E-state index in [0.29, 0.717) is 32.4 Å². The van der Waals surface area contributed by atoms with E-state index in [1.54, 1.807) is 12.0 Å². The van der Waals surface area contributed by atoms with Crippen LogP contribution in [0.2, 0.25) is 5.02 Å². The van der Waals surface area contributed by atoms with Gasteiger partial charge in [0.05, 0.1) is 17.7 Å². The van der Waals surface area contributed by atoms with Crippen LogP contribution < -0.4 is 14.4 Å². The van der Waals surface area contributed by atoms with Crippen LogP contribution in [0.4, 0.5) is 5.69 Å². The molecule has 1 fully saturated rings. The van der Waals surface area contributed by atoms with Crippen LogP contribution in [0.3, 0.4) is 0 Å². The summed E-state index contributed by atoms with van der Waals surface area (Å²) in [7, 11) is 1.58. The summed E-state index contributed by atoms with van der Waals surface area (Å²) in [4.78, 5) is 15.3. The summed E-state index contributed by atoms with van der Waals surface area (Å²) >= 11 is 13.0. The quantitative estimate of drug-likeness (QED) is 0.273. The number of methoxy groups -OCH3 is 1. The third-order valence-corrected chi connectivity index (χ3v) is 6.90. The van der Waals surface area contributed by atoms with Crippen molar-refractivity contribution in [3.63, 3.8) is 0 Å². The van der Waals surface area contributed by atoms with Crippen molar-refractivity contribution in [2.75, 3.05) is 12.0 Å². The van der Waals surface area contributed by atoms with Crippen molar-refractivity contribution in [2.24, 2.45) is 0 Å². The summed E-state index contributed by atoms with van der Waals surface area (Å²) in [6.45, 7) is 4.30. The topological polar surface area (TPSA) is 38.8 Å². The molecule has 0 N–H and O–H groups in total. The first kappa shape index (κ1) is 23.4. The normalized spacial score (nSPS) is 14.8. The highest BCUT2D eigenvalue weighted by molar-refractivity contribution is 8.27. The predicted molar refractivity (Wildman–Crippen MR) is 140 cm³/mol. The number of thioether (sulfide) groups is 1. The van der Waals surface area contributed by atoms with Gasteiger partial charge >= 0.3 is 0 Å². The average molecular weight is 496 g/mol. The molecule has 3 aromatic carbocycles. The zero-order valence-electron chi connectivity index (χ0n) is 18.4. The third-order valence-electron chi connectivity index (χ3n) is 5.23. The molecule has 0 unspecified atom stereocenters. The van der Waals surface area contributed by atoms with E-state index in [9.17, 15) is 4.79 Å². The second kappa shape index (κ2) is 10.00. The van der Waals surface area contributed by atoms with Gasteiger partial charge < -0.3 is 9.47 Å². The fourth-order valence-corrected chi connectivity index (χ4v) is 4.93. The Morgan fingerprint density at radius 2 is 1.85 bits per heavy atom. The first-order chi connectivity index (χ1) is 15.9. The number of hydrogen-bond acceptors (Lipinski definition) is 5. The van der Waals surface area contributed by atoms with E-state index in [4.69, 9.17) is 33.3 Å². The van der Waals surface area contributed by atoms with Gasteiger partial charge in [-0.1, -0.05) is 72.0 Å². The van der Waals surface area contributed by atoms with Crippen LogP contribution in [0, 0.1) is 13.8 Å². The summed E-state index contributed by atoms with van der Waals surface area (Å²) in [5.41, 5.74) is 4.60. The molecule has 1 aliphatic rings. The highest BCUT2D eigenvalue weighted by Gasteiger charge is 2.34. The maximum absolute atomic E-state index is 13.2. The minimum atomic E-state index is -0.128. The second-order valence-corrected chi connectivity index (χ2v) is 9.68. The SMILES string of the molecule is COc1cc(C=C2SC(=S)N(c3cc(C)ccc3C)C2=O)ccc1OCc1ccccc1Cl. The summed E-state index contributed by atoms with van der Waals surface area (Å²) in [6, 6.07) is 19.1. The number of carbonyl (C=O) groups is 1. The van der Waals surface area contributed by atoms with Gasteiger partial charge in [-0.05, 0) is 60.9 Å². The first-order valence-corrected chi connectivity index (χ1v) is 11.9. The molecule has 168 valence electrons. The molecule has 0 atom stereocenters. The molecule has 0 aliphatic carbocycles. The van der Waals surface area contributed by atoms with Crippen molar-refractivity contribution < 1.29 is 14.3 Å². The summed E-state index contributed by atoms with van der Waals surface area (Å²) in [5.74, 6) is 1.04. The number of carbonyl (C=O) groups excluding carboxylic acids is 1. The van der Waals surface area contributed by atoms with E-state index >= 15 is 0 Å². The van der Waals surface area contributed by atoms with Crippen molar-refractivity contribution in [3.8, 4) is 11.5 Å². The summed E-state index contributed by atoms with van der Waals surface area (Å²) in [5, 5.41) is 0.652. The number of ether oxygens (including phenoxy) is 2. The van der Waals surface area contributed by atoms with Crippen LogP contribution in [-0.2, 0) is 11.4 Å². The number of hydrogen-bond donors (Lipinski definition) is 0. The highest BCUT2D eigenvalue weighted by atomic mass is 35.5. The Balaban J connectivity index is 1.56. The van der Waals surface area contributed by atoms with Gasteiger partial charge in [-0.25, -0.2) is 0 Å². The number of nitrogens with zero attached hydrogens (tertiary/aromatic N) is 1. The Morgan fingerprint density at radius 3 is 2.61 bits per heavy atom. The summed E-state index contributed by atoms with van der Waals surface area (Å²) in [6.07, 6.45) is 1.82. The van der Waals surface area contributed by atoms with Crippen LogP contribution in [-0.4, -0.2) is 17.3 Å². The third kappa shape index (κ3) is 5.08. The van der Waals surface area contributed by atoms with E-state index in [2.05, 4.69) is 0 Å². The van der Waals surface area contributed by atoms with Crippen molar-refractivity contribution in [3.05, 3.63) is 92.8 Å². The first-order valence-electron chi connectivity index (χ1n) is 10.3. The average Bonchev–Trinajstić information content (AvgIpc) is 3.08. The largest absolute Gasteiger partial charge is 0.493 e. The maximum Gasteiger partial charge on any atom is 0.270 e. The lowest BCUT2D eigenvalue weighted by molar-refractivity contribution is -0.113. The van der Waals surface area contributed by atoms with Crippen LogP contribution in [0.5, 0.6) is 11.5 Å². The molecule has 1 heterocycles. The molecular weight excluding hydrogens is 474 g/mol. The molecule has 0 bridgehead atoms. The van der Waals surface area contributed by atoms with E-state index in [1.807, 2.05) is 80.6 Å². The van der Waals surface area contributed by atoms with Gasteiger partial charge in [-0.15, -0.1) is 0 Å². The summed E-state index contributed by atoms with van der Waals surface area (Å²) < 4.78 is 12.0. The van der Waals surface area contributed by atoms with Gasteiger partial charge in [0.25, 0.3) is 5.91 Å². The monoisotopic (exact) mass is 495 g/mol. The van der Waals surface area contributed by atoms with E-state index < -0.39 is 0 Å². The lowest BCUT2D eigenvalue weighted by atomic mass is 10.1. The number of aryl methyl sites for hydroxylation is 2. The van der Waals surface area contributed by atoms with Crippen molar-refractivity contribution in [2.45, 2.75) is 20.5 Å². The van der Waals surface area contributed by atoms with Gasteiger partial charge in [-0.3, -0.25) is 9.69 Å². The molecule has 1 amide bonds. The Labute approximate surface area is 208 Å². The minimum absolute atomic E-state index is 0.128. The van der Waals surface area contributed by atoms with Crippen LogP contribution in [0.25, 0.3) is 6.08 Å². The standard InChI is InChI=1S/C26H22ClNO3S2/c1-16-8-9-17(2)21(12-16)28-25(29)24(33-26(28)32)14-18-10-11-22(23(13-18)30-3)31-15-19-6-4-5-7-20(19)27/h4-14H,15H2,1-3H3. The molecule has 7 heteroatoms. The number of thiocarbonyl (C=S) groups is 1. The molecule has 0 aromatic heterocycles. The number of halogens is 1. The molecule has 0 radical (unpaired) electrons. The van der Waals surface area contributed by atoms with Gasteiger partial charge in [0.15, 0.2) is 15.8 Å². The molecule has 4 rings (SSSR count).